The number of anilines is 2. The van der Waals surface area contributed by atoms with Gasteiger partial charge in [0.2, 0.25) is 0 Å². The zero-order chi connectivity index (χ0) is 42.2. The standard InChI is InChI=1S/C42H41F4N7O5/c1-40(2,3)57-38(55)52(39(56)58-41(4,5)6)36-30-20-29(14-12-26(30)16-17-48-36)53-33(21-34(51-53)42(44,45)46)37(54)50-32-19-28(13-15-31(32)43)35(49-23-24-10-11-24)27-9-7-8-25(18-27)22-47/h7-9,12-21,24,35,49H,10-11,23H2,1-6H3,(H,50,54). The van der Waals surface area contributed by atoms with E-state index in [0.717, 1.165) is 29.2 Å². The van der Waals surface area contributed by atoms with Crippen molar-refractivity contribution < 1.29 is 41.4 Å². The number of nitrogens with one attached hydrogen (secondary N) is 2. The van der Waals surface area contributed by atoms with Gasteiger partial charge in [0, 0.05) is 17.6 Å². The number of nitriles is 1. The number of halogens is 4. The van der Waals surface area contributed by atoms with Gasteiger partial charge in [0.15, 0.2) is 11.5 Å². The number of aromatic nitrogens is 3. The van der Waals surface area contributed by atoms with Crippen LogP contribution in [-0.4, -0.2) is 50.6 Å². The van der Waals surface area contributed by atoms with Crippen LogP contribution in [0, 0.1) is 23.1 Å². The lowest BCUT2D eigenvalue weighted by Gasteiger charge is -2.28. The van der Waals surface area contributed by atoms with E-state index in [0.29, 0.717) is 39.9 Å². The van der Waals surface area contributed by atoms with Crippen molar-refractivity contribution in [1.82, 2.24) is 20.1 Å². The molecule has 1 aliphatic carbocycles. The summed E-state index contributed by atoms with van der Waals surface area (Å²) in [6.07, 6.45) is -3.82. The minimum atomic E-state index is -4.99. The molecule has 2 aromatic heterocycles. The topological polar surface area (TPSA) is 151 Å². The second kappa shape index (κ2) is 15.9. The third-order valence-corrected chi connectivity index (χ3v) is 8.80. The van der Waals surface area contributed by atoms with Crippen molar-refractivity contribution >= 4 is 40.4 Å². The minimum absolute atomic E-state index is 0.0911. The Bertz CT molecular complexity index is 2400. The Hall–Kier alpha value is -6.34. The van der Waals surface area contributed by atoms with Crippen molar-refractivity contribution in [1.29, 1.82) is 5.26 Å². The van der Waals surface area contributed by atoms with Crippen LogP contribution in [0.2, 0.25) is 0 Å². The molecule has 0 spiro atoms. The number of amides is 3. The van der Waals surface area contributed by atoms with Crippen LogP contribution in [0.1, 0.15) is 93.3 Å². The van der Waals surface area contributed by atoms with Gasteiger partial charge in [0.25, 0.3) is 5.91 Å². The Morgan fingerprint density at radius 3 is 2.21 bits per heavy atom. The molecule has 0 aliphatic heterocycles. The van der Waals surface area contributed by atoms with E-state index in [9.17, 15) is 32.8 Å². The molecule has 12 nitrogen and oxygen atoms in total. The third-order valence-electron chi connectivity index (χ3n) is 8.80. The first-order chi connectivity index (χ1) is 27.2. The van der Waals surface area contributed by atoms with Crippen molar-refractivity contribution in [3.8, 4) is 11.8 Å². The van der Waals surface area contributed by atoms with Gasteiger partial charge in [-0.05, 0) is 126 Å². The fourth-order valence-corrected chi connectivity index (χ4v) is 6.02. The highest BCUT2D eigenvalue weighted by Crippen LogP contribution is 2.35. The predicted octanol–water partition coefficient (Wildman–Crippen LogP) is 9.47. The van der Waals surface area contributed by atoms with E-state index in [1.54, 1.807) is 65.8 Å². The molecule has 0 radical (unpaired) electrons. The van der Waals surface area contributed by atoms with Gasteiger partial charge in [-0.15, -0.1) is 0 Å². The lowest BCUT2D eigenvalue weighted by Crippen LogP contribution is -2.44. The molecule has 58 heavy (non-hydrogen) atoms. The Morgan fingerprint density at radius 1 is 0.914 bits per heavy atom. The summed E-state index contributed by atoms with van der Waals surface area (Å²) in [6, 6.07) is 18.8. The van der Waals surface area contributed by atoms with Crippen LogP contribution in [0.25, 0.3) is 16.5 Å². The summed E-state index contributed by atoms with van der Waals surface area (Å²) in [5.41, 5.74) is -2.85. The fourth-order valence-electron chi connectivity index (χ4n) is 6.02. The molecular formula is C42H41F4N7O5. The molecule has 1 atom stereocenters. The molecule has 0 saturated heterocycles. The SMILES string of the molecule is CC(C)(C)OC(=O)N(C(=O)OC(C)(C)C)c1nccc2ccc(-n3nc(C(F)(F)F)cc3C(=O)Nc3cc(C(NCC4CC4)c4cccc(C#N)c4)ccc3F)cc12. The molecule has 16 heteroatoms. The Kier molecular flexibility index (Phi) is 11.3. The van der Waals surface area contributed by atoms with Gasteiger partial charge < -0.3 is 20.1 Å². The molecule has 5 aromatic rings. The van der Waals surface area contributed by atoms with E-state index in [-0.39, 0.29) is 22.6 Å². The molecule has 2 N–H and O–H groups in total. The van der Waals surface area contributed by atoms with Gasteiger partial charge >= 0.3 is 18.4 Å². The van der Waals surface area contributed by atoms with Crippen LogP contribution in [0.3, 0.4) is 0 Å². The van der Waals surface area contributed by atoms with E-state index < -0.39 is 58.7 Å². The molecular weight excluding hydrogens is 758 g/mol. The summed E-state index contributed by atoms with van der Waals surface area (Å²) >= 11 is 0. The zero-order valence-electron chi connectivity index (χ0n) is 32.6. The van der Waals surface area contributed by atoms with Crippen LogP contribution < -0.4 is 15.5 Å². The highest BCUT2D eigenvalue weighted by molar-refractivity contribution is 6.14. The largest absolute Gasteiger partial charge is 0.443 e. The Balaban J connectivity index is 1.41. The van der Waals surface area contributed by atoms with Gasteiger partial charge in [-0.3, -0.25) is 4.79 Å². The third kappa shape index (κ3) is 9.78. The fraction of sp³-hybridized carbons (Fsp3) is 0.333. The lowest BCUT2D eigenvalue weighted by molar-refractivity contribution is -0.141. The molecule has 1 saturated carbocycles. The van der Waals surface area contributed by atoms with Crippen molar-refractivity contribution in [3.05, 3.63) is 113 Å². The smallest absolute Gasteiger partial charge is 0.435 e. The minimum Gasteiger partial charge on any atom is -0.443 e. The van der Waals surface area contributed by atoms with E-state index in [1.807, 2.05) is 6.07 Å². The molecule has 3 aromatic carbocycles. The molecule has 3 amide bonds. The van der Waals surface area contributed by atoms with Gasteiger partial charge in [-0.2, -0.15) is 28.4 Å². The molecule has 6 rings (SSSR count). The number of alkyl halides is 3. The van der Waals surface area contributed by atoms with Crippen molar-refractivity contribution in [2.24, 2.45) is 5.92 Å². The first-order valence-electron chi connectivity index (χ1n) is 18.4. The summed E-state index contributed by atoms with van der Waals surface area (Å²) < 4.78 is 69.8. The highest BCUT2D eigenvalue weighted by atomic mass is 19.4. The number of pyridine rings is 1. The number of imide groups is 1. The zero-order valence-corrected chi connectivity index (χ0v) is 32.6. The second-order valence-corrected chi connectivity index (χ2v) is 15.9. The van der Waals surface area contributed by atoms with Crippen LogP contribution >= 0.6 is 0 Å². The molecule has 0 bridgehead atoms. The number of nitrogens with zero attached hydrogens (tertiary/aromatic N) is 5. The quantitative estimate of drug-likeness (QED) is 0.139. The van der Waals surface area contributed by atoms with Crippen LogP contribution in [0.5, 0.6) is 0 Å². The lowest BCUT2D eigenvalue weighted by atomic mass is 9.96. The average Bonchev–Trinajstić information content (AvgIpc) is 3.84. The molecule has 302 valence electrons. The van der Waals surface area contributed by atoms with Gasteiger partial charge in [-0.1, -0.05) is 24.3 Å². The van der Waals surface area contributed by atoms with Crippen LogP contribution in [0.4, 0.5) is 38.7 Å². The number of benzene rings is 3. The van der Waals surface area contributed by atoms with Gasteiger partial charge in [0.1, 0.15) is 22.7 Å². The van der Waals surface area contributed by atoms with E-state index >= 15 is 4.39 Å². The van der Waals surface area contributed by atoms with E-state index in [4.69, 9.17) is 9.47 Å². The first kappa shape index (κ1) is 41.3. The maximum absolute atomic E-state index is 15.4. The molecule has 1 aliphatic rings. The Labute approximate surface area is 331 Å². The number of rotatable bonds is 9. The number of ether oxygens (including phenoxy) is 2. The second-order valence-electron chi connectivity index (χ2n) is 15.9. The average molecular weight is 800 g/mol. The van der Waals surface area contributed by atoms with Gasteiger partial charge in [0.05, 0.1) is 29.0 Å². The maximum atomic E-state index is 15.4. The highest BCUT2D eigenvalue weighted by Gasteiger charge is 2.38. The van der Waals surface area contributed by atoms with Crippen molar-refractivity contribution in [3.63, 3.8) is 0 Å². The predicted molar refractivity (Wildman–Crippen MR) is 207 cm³/mol. The van der Waals surface area contributed by atoms with Crippen LogP contribution in [0.15, 0.2) is 79.0 Å². The first-order valence-corrected chi connectivity index (χ1v) is 18.4. The maximum Gasteiger partial charge on any atom is 0.435 e. The summed E-state index contributed by atoms with van der Waals surface area (Å²) in [5, 5.41) is 19.6. The van der Waals surface area contributed by atoms with E-state index in [1.165, 1.54) is 36.5 Å². The molecule has 1 fully saturated rings. The van der Waals surface area contributed by atoms with Crippen LogP contribution in [-0.2, 0) is 15.7 Å². The number of hydrogen-bond acceptors (Lipinski definition) is 9. The van der Waals surface area contributed by atoms with E-state index in [2.05, 4.69) is 26.8 Å². The van der Waals surface area contributed by atoms with Gasteiger partial charge in [-0.25, -0.2) is 23.6 Å². The number of hydrogen-bond donors (Lipinski definition) is 2. The summed E-state index contributed by atoms with van der Waals surface area (Å²) in [4.78, 5) is 45.8. The van der Waals surface area contributed by atoms with Crippen molar-refractivity contribution in [2.75, 3.05) is 16.8 Å². The molecule has 1 unspecified atom stereocenters. The summed E-state index contributed by atoms with van der Waals surface area (Å²) in [7, 11) is 0. The summed E-state index contributed by atoms with van der Waals surface area (Å²) in [5.74, 6) is -1.77. The normalized spacial score (nSPS) is 13.7. The monoisotopic (exact) mass is 799 g/mol. The number of fused-ring (bicyclic) bond motifs is 1. The number of carbonyl (C=O) groups excluding carboxylic acids is 3. The van der Waals surface area contributed by atoms with Crippen molar-refractivity contribution in [2.45, 2.75) is 77.8 Å². The summed E-state index contributed by atoms with van der Waals surface area (Å²) in [6.45, 7) is 10.2. The molecule has 2 heterocycles. The Morgan fingerprint density at radius 2 is 1.59 bits per heavy atom. The number of carbonyl (C=O) groups is 3.